The molecule has 1 saturated carbocycles. The number of nitrogens with two attached hydrogens (primary N) is 1. The largest absolute Gasteiger partial charge is 0.489 e. The smallest absolute Gasteiger partial charge is 0.387 e. The van der Waals surface area contributed by atoms with Gasteiger partial charge in [-0.1, -0.05) is 6.07 Å². The second kappa shape index (κ2) is 5.52. The predicted octanol–water partition coefficient (Wildman–Crippen LogP) is 2.90. The molecule has 1 aliphatic rings. The molecule has 3 nitrogen and oxygen atoms in total. The summed E-state index contributed by atoms with van der Waals surface area (Å²) in [5.41, 5.74) is 6.23. The van der Waals surface area contributed by atoms with Crippen LogP contribution in [0.5, 0.6) is 11.5 Å². The molecule has 18 heavy (non-hydrogen) atoms. The zero-order chi connectivity index (χ0) is 13.1. The van der Waals surface area contributed by atoms with E-state index in [2.05, 4.69) is 10.8 Å². The van der Waals surface area contributed by atoms with Gasteiger partial charge in [0.25, 0.3) is 0 Å². The molecule has 0 bridgehead atoms. The normalized spacial score (nSPS) is 16.7. The van der Waals surface area contributed by atoms with Gasteiger partial charge < -0.3 is 15.2 Å². The highest BCUT2D eigenvalue weighted by Crippen LogP contribution is 2.37. The van der Waals surface area contributed by atoms with E-state index < -0.39 is 12.7 Å². The Morgan fingerprint density at radius 2 is 2.22 bits per heavy atom. The SMILES string of the molecule is C[C@H](N)c1cc[c]c(OCC2CC2)c1OC(F)F. The van der Waals surface area contributed by atoms with Gasteiger partial charge in [0.05, 0.1) is 6.61 Å². The maximum Gasteiger partial charge on any atom is 0.387 e. The summed E-state index contributed by atoms with van der Waals surface area (Å²) in [4.78, 5) is 0. The Hall–Kier alpha value is -1.36. The Balaban J connectivity index is 2.21. The molecule has 0 heterocycles. The second-order valence-corrected chi connectivity index (χ2v) is 4.51. The van der Waals surface area contributed by atoms with Gasteiger partial charge >= 0.3 is 6.61 Å². The molecule has 2 N–H and O–H groups in total. The third-order valence-electron chi connectivity index (χ3n) is 2.80. The fourth-order valence-corrected chi connectivity index (χ4v) is 1.64. The van der Waals surface area contributed by atoms with E-state index >= 15 is 0 Å². The molecule has 1 radical (unpaired) electrons. The lowest BCUT2D eigenvalue weighted by molar-refractivity contribution is -0.0523. The Bertz CT molecular complexity index is 406. The Morgan fingerprint density at radius 1 is 1.50 bits per heavy atom. The summed E-state index contributed by atoms with van der Waals surface area (Å²) in [6.07, 6.45) is 2.25. The zero-order valence-electron chi connectivity index (χ0n) is 10.2. The van der Waals surface area contributed by atoms with Crippen molar-refractivity contribution in [2.24, 2.45) is 11.7 Å². The molecule has 1 aliphatic carbocycles. The predicted molar refractivity (Wildman–Crippen MR) is 62.7 cm³/mol. The summed E-state index contributed by atoms with van der Waals surface area (Å²) in [6.45, 7) is -0.682. The molecule has 0 amide bonds. The van der Waals surface area contributed by atoms with Crippen molar-refractivity contribution in [1.82, 2.24) is 0 Å². The fourth-order valence-electron chi connectivity index (χ4n) is 1.64. The first-order valence-electron chi connectivity index (χ1n) is 5.95. The van der Waals surface area contributed by atoms with Gasteiger partial charge in [0.2, 0.25) is 0 Å². The van der Waals surface area contributed by atoms with E-state index in [1.165, 1.54) is 0 Å². The van der Waals surface area contributed by atoms with E-state index in [0.29, 0.717) is 18.1 Å². The Morgan fingerprint density at radius 3 is 2.78 bits per heavy atom. The molecular weight excluding hydrogens is 240 g/mol. The van der Waals surface area contributed by atoms with Gasteiger partial charge in [0.15, 0.2) is 11.5 Å². The van der Waals surface area contributed by atoms with Crippen LogP contribution in [0.3, 0.4) is 0 Å². The van der Waals surface area contributed by atoms with Gasteiger partial charge in [-0.25, -0.2) is 0 Å². The van der Waals surface area contributed by atoms with Crippen LogP contribution in [0.1, 0.15) is 31.4 Å². The number of halogens is 2. The Kier molecular flexibility index (Phi) is 4.01. The number of hydrogen-bond acceptors (Lipinski definition) is 3. The number of rotatable bonds is 6. The lowest BCUT2D eigenvalue weighted by Crippen LogP contribution is -2.12. The van der Waals surface area contributed by atoms with Gasteiger partial charge in [-0.2, -0.15) is 8.78 Å². The summed E-state index contributed by atoms with van der Waals surface area (Å²) in [7, 11) is 0. The van der Waals surface area contributed by atoms with Gasteiger partial charge in [-0.3, -0.25) is 0 Å². The minimum absolute atomic E-state index is 0.00292. The van der Waals surface area contributed by atoms with Crippen LogP contribution in [0.4, 0.5) is 8.78 Å². The third-order valence-corrected chi connectivity index (χ3v) is 2.80. The standard InChI is InChI=1S/C13H16F2NO2/c1-8(16)10-3-2-4-11(12(10)18-13(14)15)17-7-9-5-6-9/h2-3,8-9,13H,5-7,16H2,1H3/t8-/m0/s1. The summed E-state index contributed by atoms with van der Waals surface area (Å²) in [5, 5.41) is 0. The van der Waals surface area contributed by atoms with Crippen LogP contribution in [0.25, 0.3) is 0 Å². The van der Waals surface area contributed by atoms with Gasteiger partial charge in [0, 0.05) is 17.7 Å². The lowest BCUT2D eigenvalue weighted by Gasteiger charge is -2.17. The van der Waals surface area contributed by atoms with Crippen molar-refractivity contribution >= 4 is 0 Å². The van der Waals surface area contributed by atoms with Crippen LogP contribution in [0.15, 0.2) is 12.1 Å². The maximum absolute atomic E-state index is 12.4. The molecule has 5 heteroatoms. The summed E-state index contributed by atoms with van der Waals surface area (Å²) in [6, 6.07) is 5.61. The molecule has 2 rings (SSSR count). The summed E-state index contributed by atoms with van der Waals surface area (Å²) in [5.74, 6) is 0.747. The molecule has 0 saturated heterocycles. The lowest BCUT2D eigenvalue weighted by atomic mass is 10.1. The number of hydrogen-bond donors (Lipinski definition) is 1. The minimum Gasteiger partial charge on any atom is -0.489 e. The number of alkyl halides is 2. The van der Waals surface area contributed by atoms with E-state index in [-0.39, 0.29) is 11.5 Å². The molecule has 0 aromatic heterocycles. The average Bonchev–Trinajstić information content (AvgIpc) is 3.10. The molecule has 1 aromatic rings. The molecule has 99 valence electrons. The van der Waals surface area contributed by atoms with E-state index in [1.54, 1.807) is 19.1 Å². The van der Waals surface area contributed by atoms with E-state index in [4.69, 9.17) is 10.5 Å². The Labute approximate surface area is 105 Å². The first kappa shape index (κ1) is 13.1. The molecule has 1 atom stereocenters. The van der Waals surface area contributed by atoms with Crippen molar-refractivity contribution in [3.8, 4) is 11.5 Å². The molecular formula is C13H16F2NO2. The van der Waals surface area contributed by atoms with Crippen molar-refractivity contribution in [1.29, 1.82) is 0 Å². The molecule has 0 unspecified atom stereocenters. The van der Waals surface area contributed by atoms with Crippen LogP contribution < -0.4 is 15.2 Å². The van der Waals surface area contributed by atoms with Crippen LogP contribution in [0.2, 0.25) is 0 Å². The highest BCUT2D eigenvalue weighted by Gasteiger charge is 2.24. The van der Waals surface area contributed by atoms with Crippen molar-refractivity contribution in [2.45, 2.75) is 32.4 Å². The van der Waals surface area contributed by atoms with Crippen LogP contribution in [-0.4, -0.2) is 13.2 Å². The van der Waals surface area contributed by atoms with Crippen molar-refractivity contribution in [3.05, 3.63) is 23.8 Å². The van der Waals surface area contributed by atoms with E-state index in [9.17, 15) is 8.78 Å². The molecule has 1 aromatic carbocycles. The summed E-state index contributed by atoms with van der Waals surface area (Å²) < 4.78 is 34.8. The average molecular weight is 256 g/mol. The van der Waals surface area contributed by atoms with Crippen LogP contribution in [0, 0.1) is 12.0 Å². The monoisotopic (exact) mass is 256 g/mol. The summed E-state index contributed by atoms with van der Waals surface area (Å²) >= 11 is 0. The number of ether oxygens (including phenoxy) is 2. The first-order chi connectivity index (χ1) is 8.58. The van der Waals surface area contributed by atoms with Gasteiger partial charge in [-0.15, -0.1) is 0 Å². The molecule has 0 aliphatic heterocycles. The second-order valence-electron chi connectivity index (χ2n) is 4.51. The molecule has 1 fully saturated rings. The maximum atomic E-state index is 12.4. The molecule has 0 spiro atoms. The van der Waals surface area contributed by atoms with Gasteiger partial charge in [-0.05, 0) is 31.7 Å². The van der Waals surface area contributed by atoms with E-state index in [0.717, 1.165) is 12.8 Å². The topological polar surface area (TPSA) is 44.5 Å². The fraction of sp³-hybridized carbons (Fsp3) is 0.538. The van der Waals surface area contributed by atoms with Crippen LogP contribution >= 0.6 is 0 Å². The highest BCUT2D eigenvalue weighted by atomic mass is 19.3. The highest BCUT2D eigenvalue weighted by molar-refractivity contribution is 5.47. The first-order valence-corrected chi connectivity index (χ1v) is 5.95. The minimum atomic E-state index is -2.90. The van der Waals surface area contributed by atoms with Crippen molar-refractivity contribution < 1.29 is 18.3 Å². The quantitative estimate of drug-likeness (QED) is 0.851. The third kappa shape index (κ3) is 3.32. The van der Waals surface area contributed by atoms with Gasteiger partial charge in [0.1, 0.15) is 0 Å². The van der Waals surface area contributed by atoms with Crippen molar-refractivity contribution in [2.75, 3.05) is 6.61 Å². The zero-order valence-corrected chi connectivity index (χ0v) is 10.2. The number of benzene rings is 1. The van der Waals surface area contributed by atoms with E-state index in [1.807, 2.05) is 0 Å². The van der Waals surface area contributed by atoms with Crippen LogP contribution in [-0.2, 0) is 0 Å². The van der Waals surface area contributed by atoms with Crippen molar-refractivity contribution in [3.63, 3.8) is 0 Å².